The molecule has 26 heavy (non-hydrogen) atoms. The largest absolute Gasteiger partial charge is 0.463 e. The van der Waals surface area contributed by atoms with Gasteiger partial charge in [0.1, 0.15) is 12.2 Å². The van der Waals surface area contributed by atoms with Gasteiger partial charge in [0.05, 0.1) is 0 Å². The Kier molecular flexibility index (Phi) is 16.7. The zero-order valence-electron chi connectivity index (χ0n) is 17.7. The maximum Gasteiger partial charge on any atom is 0.306 e. The third-order valence-corrected chi connectivity index (χ3v) is 4.65. The first kappa shape index (κ1) is 24.9. The van der Waals surface area contributed by atoms with Crippen LogP contribution >= 0.6 is 0 Å². The minimum absolute atomic E-state index is 0.122. The van der Waals surface area contributed by atoms with Crippen molar-refractivity contribution in [3.8, 4) is 0 Å². The molecule has 0 aliphatic rings. The van der Waals surface area contributed by atoms with Gasteiger partial charge in [-0.15, -0.1) is 0 Å². The van der Waals surface area contributed by atoms with E-state index < -0.39 is 0 Å². The van der Waals surface area contributed by atoms with E-state index in [4.69, 9.17) is 9.47 Å². The van der Waals surface area contributed by atoms with Crippen molar-refractivity contribution < 1.29 is 19.1 Å². The summed E-state index contributed by atoms with van der Waals surface area (Å²) < 4.78 is 11.0. The molecular weight excluding hydrogens is 328 g/mol. The third-order valence-electron chi connectivity index (χ3n) is 4.65. The quantitative estimate of drug-likeness (QED) is 0.221. The van der Waals surface area contributed by atoms with E-state index in [0.717, 1.165) is 32.1 Å². The Balaban J connectivity index is 3.90. The van der Waals surface area contributed by atoms with E-state index in [9.17, 15) is 9.59 Å². The molecule has 0 saturated carbocycles. The van der Waals surface area contributed by atoms with E-state index in [1.807, 2.05) is 13.8 Å². The maximum atomic E-state index is 11.9. The molecule has 0 fully saturated rings. The molecule has 0 aliphatic carbocycles. The van der Waals surface area contributed by atoms with Crippen LogP contribution in [0.4, 0.5) is 0 Å². The van der Waals surface area contributed by atoms with Crippen LogP contribution in [-0.2, 0) is 19.1 Å². The summed E-state index contributed by atoms with van der Waals surface area (Å²) >= 11 is 0. The molecule has 4 nitrogen and oxygen atoms in total. The standard InChI is InChI=1S/C22H42O4/c1-5-8-10-12-14-16-21(23)25-19(4)18-20(7-3)26-22(24)17-15-13-11-9-6-2/h19-20H,5-18H2,1-4H3. The van der Waals surface area contributed by atoms with Crippen molar-refractivity contribution in [2.45, 2.75) is 130 Å². The Morgan fingerprint density at radius 3 is 1.62 bits per heavy atom. The van der Waals surface area contributed by atoms with Crippen molar-refractivity contribution in [3.05, 3.63) is 0 Å². The van der Waals surface area contributed by atoms with Crippen molar-refractivity contribution in [1.29, 1.82) is 0 Å². The van der Waals surface area contributed by atoms with Crippen molar-refractivity contribution in [3.63, 3.8) is 0 Å². The summed E-state index contributed by atoms with van der Waals surface area (Å²) in [7, 11) is 0. The predicted octanol–water partition coefficient (Wildman–Crippen LogP) is 6.35. The second kappa shape index (κ2) is 17.4. The highest BCUT2D eigenvalue weighted by Crippen LogP contribution is 2.14. The van der Waals surface area contributed by atoms with E-state index in [0.29, 0.717) is 19.3 Å². The summed E-state index contributed by atoms with van der Waals surface area (Å²) in [5.74, 6) is -0.256. The first-order valence-corrected chi connectivity index (χ1v) is 10.9. The van der Waals surface area contributed by atoms with Crippen molar-refractivity contribution in [2.24, 2.45) is 0 Å². The number of carbonyl (C=O) groups excluding carboxylic acids is 2. The molecule has 0 aromatic carbocycles. The summed E-state index contributed by atoms with van der Waals surface area (Å²) in [5.41, 5.74) is 0. The van der Waals surface area contributed by atoms with E-state index in [1.54, 1.807) is 0 Å². The second-order valence-electron chi connectivity index (χ2n) is 7.38. The first-order chi connectivity index (χ1) is 12.5. The van der Waals surface area contributed by atoms with Crippen LogP contribution in [0.5, 0.6) is 0 Å². The van der Waals surface area contributed by atoms with Crippen LogP contribution in [0, 0.1) is 0 Å². The van der Waals surface area contributed by atoms with Crippen molar-refractivity contribution >= 4 is 11.9 Å². The summed E-state index contributed by atoms with van der Waals surface area (Å²) in [6.07, 6.45) is 13.2. The van der Waals surface area contributed by atoms with Gasteiger partial charge in [-0.25, -0.2) is 0 Å². The van der Waals surface area contributed by atoms with Crippen molar-refractivity contribution in [1.82, 2.24) is 0 Å². The lowest BCUT2D eigenvalue weighted by Gasteiger charge is -2.20. The number of hydrogen-bond donors (Lipinski definition) is 0. The Bertz CT molecular complexity index is 354. The van der Waals surface area contributed by atoms with Gasteiger partial charge in [-0.05, 0) is 26.2 Å². The molecular formula is C22H42O4. The summed E-state index contributed by atoms with van der Waals surface area (Å²) in [6, 6.07) is 0. The summed E-state index contributed by atoms with van der Waals surface area (Å²) in [6.45, 7) is 8.25. The van der Waals surface area contributed by atoms with E-state index in [2.05, 4.69) is 13.8 Å². The molecule has 0 saturated heterocycles. The average molecular weight is 371 g/mol. The number of unbranched alkanes of at least 4 members (excludes halogenated alkanes) is 8. The van der Waals surface area contributed by atoms with Gasteiger partial charge in [-0.2, -0.15) is 0 Å². The zero-order valence-corrected chi connectivity index (χ0v) is 17.7. The molecule has 0 aliphatic heterocycles. The molecule has 4 heteroatoms. The maximum absolute atomic E-state index is 11.9. The summed E-state index contributed by atoms with van der Waals surface area (Å²) in [4.78, 5) is 23.8. The van der Waals surface area contributed by atoms with Gasteiger partial charge in [0.15, 0.2) is 0 Å². The molecule has 0 bridgehead atoms. The van der Waals surface area contributed by atoms with Gasteiger partial charge < -0.3 is 9.47 Å². The molecule has 0 rings (SSSR count). The molecule has 0 aromatic rings. The topological polar surface area (TPSA) is 52.6 Å². The van der Waals surface area contributed by atoms with E-state index >= 15 is 0 Å². The van der Waals surface area contributed by atoms with Crippen LogP contribution in [0.15, 0.2) is 0 Å². The predicted molar refractivity (Wildman–Crippen MR) is 107 cm³/mol. The number of hydrogen-bond acceptors (Lipinski definition) is 4. The van der Waals surface area contributed by atoms with Crippen LogP contribution in [0.25, 0.3) is 0 Å². The minimum Gasteiger partial charge on any atom is -0.463 e. The zero-order chi connectivity index (χ0) is 19.6. The van der Waals surface area contributed by atoms with Crippen LogP contribution < -0.4 is 0 Å². The average Bonchev–Trinajstić information content (AvgIpc) is 2.60. The van der Waals surface area contributed by atoms with Crippen LogP contribution in [0.3, 0.4) is 0 Å². The number of ether oxygens (including phenoxy) is 2. The molecule has 0 N–H and O–H groups in total. The first-order valence-electron chi connectivity index (χ1n) is 10.9. The Morgan fingerprint density at radius 2 is 1.15 bits per heavy atom. The SMILES string of the molecule is CCCCCCCC(=O)OC(C)CC(CC)OC(=O)CCCCCCC. The highest BCUT2D eigenvalue weighted by molar-refractivity contribution is 5.70. The fourth-order valence-corrected chi connectivity index (χ4v) is 2.99. The highest BCUT2D eigenvalue weighted by atomic mass is 16.6. The van der Waals surface area contributed by atoms with Gasteiger partial charge in [0.25, 0.3) is 0 Å². The molecule has 0 aromatic heterocycles. The molecule has 2 unspecified atom stereocenters. The Morgan fingerprint density at radius 1 is 0.692 bits per heavy atom. The van der Waals surface area contributed by atoms with E-state index in [-0.39, 0.29) is 24.1 Å². The van der Waals surface area contributed by atoms with E-state index in [1.165, 1.54) is 38.5 Å². The Hall–Kier alpha value is -1.06. The van der Waals surface area contributed by atoms with Gasteiger partial charge in [-0.1, -0.05) is 72.1 Å². The number of carbonyl (C=O) groups is 2. The lowest BCUT2D eigenvalue weighted by molar-refractivity contribution is -0.155. The fourth-order valence-electron chi connectivity index (χ4n) is 2.99. The number of esters is 2. The number of rotatable bonds is 17. The normalized spacial score (nSPS) is 13.2. The Labute approximate surface area is 161 Å². The minimum atomic E-state index is -0.208. The lowest BCUT2D eigenvalue weighted by Crippen LogP contribution is -2.25. The van der Waals surface area contributed by atoms with Crippen molar-refractivity contribution in [2.75, 3.05) is 0 Å². The lowest BCUT2D eigenvalue weighted by atomic mass is 10.1. The fraction of sp³-hybridized carbons (Fsp3) is 0.909. The van der Waals surface area contributed by atoms with Gasteiger partial charge >= 0.3 is 11.9 Å². The third kappa shape index (κ3) is 15.2. The summed E-state index contributed by atoms with van der Waals surface area (Å²) in [5, 5.41) is 0. The molecule has 154 valence electrons. The van der Waals surface area contributed by atoms with Crippen LogP contribution in [-0.4, -0.2) is 24.1 Å². The monoisotopic (exact) mass is 370 g/mol. The van der Waals surface area contributed by atoms with Crippen LogP contribution in [0.1, 0.15) is 118 Å². The molecule has 0 heterocycles. The molecule has 2 atom stereocenters. The second-order valence-corrected chi connectivity index (χ2v) is 7.38. The van der Waals surface area contributed by atoms with Crippen LogP contribution in [0.2, 0.25) is 0 Å². The smallest absolute Gasteiger partial charge is 0.306 e. The van der Waals surface area contributed by atoms with Gasteiger partial charge in [-0.3, -0.25) is 9.59 Å². The van der Waals surface area contributed by atoms with Gasteiger partial charge in [0.2, 0.25) is 0 Å². The molecule has 0 amide bonds. The molecule has 0 spiro atoms. The molecule has 0 radical (unpaired) electrons. The highest BCUT2D eigenvalue weighted by Gasteiger charge is 2.18. The van der Waals surface area contributed by atoms with Gasteiger partial charge in [0, 0.05) is 19.3 Å².